The Morgan fingerprint density at radius 1 is 1.05 bits per heavy atom. The molecular formula is C31H32Cl2N6O3. The quantitative estimate of drug-likeness (QED) is 0.166. The van der Waals surface area contributed by atoms with E-state index in [2.05, 4.69) is 20.5 Å². The minimum absolute atomic E-state index is 0.317. The molecule has 9 nitrogen and oxygen atoms in total. The third-order valence-corrected chi connectivity index (χ3v) is 7.85. The van der Waals surface area contributed by atoms with E-state index in [0.717, 1.165) is 47.6 Å². The normalized spacial score (nSPS) is 13.5. The van der Waals surface area contributed by atoms with E-state index < -0.39 is 12.1 Å². The Hall–Kier alpha value is -4.21. The topological polar surface area (TPSA) is 114 Å². The zero-order valence-electron chi connectivity index (χ0n) is 23.1. The van der Waals surface area contributed by atoms with Crippen molar-refractivity contribution in [3.63, 3.8) is 0 Å². The molecule has 0 spiro atoms. The predicted molar refractivity (Wildman–Crippen MR) is 167 cm³/mol. The third-order valence-electron chi connectivity index (χ3n) is 7.34. The maximum Gasteiger partial charge on any atom is 0.411 e. The van der Waals surface area contributed by atoms with Gasteiger partial charge in [0.05, 0.1) is 6.04 Å². The van der Waals surface area contributed by atoms with Crippen LogP contribution in [0, 0.1) is 0 Å². The molecule has 0 aliphatic carbocycles. The van der Waals surface area contributed by atoms with Crippen LogP contribution in [0.5, 0.6) is 0 Å². The number of nitrogens with one attached hydrogen (secondary N) is 3. The fraction of sp³-hybridized carbons (Fsp3) is 0.258. The number of carbonyl (C=O) groups excluding carboxylic acids is 1. The monoisotopic (exact) mass is 606 g/mol. The number of nitrogens with zero attached hydrogens (tertiary/aromatic N) is 3. The number of rotatable bonds is 9. The molecule has 1 fully saturated rings. The summed E-state index contributed by atoms with van der Waals surface area (Å²) < 4.78 is 0. The molecule has 1 aliphatic rings. The SMILES string of the molecule is CN(C(=O)O)c1ccc(-c2nc([C@H](Cc3ccccc3)NC(=O)NCc3cc(Cl)ccc3N3CCCC3)[nH]c2Cl)cc1. The highest BCUT2D eigenvalue weighted by Gasteiger charge is 2.23. The fourth-order valence-electron chi connectivity index (χ4n) is 5.09. The first-order chi connectivity index (χ1) is 20.3. The molecule has 3 amide bonds. The Labute approximate surface area is 254 Å². The summed E-state index contributed by atoms with van der Waals surface area (Å²) in [5, 5.41) is 16.2. The van der Waals surface area contributed by atoms with Crippen molar-refractivity contribution in [2.75, 3.05) is 29.9 Å². The molecule has 0 saturated carbocycles. The maximum absolute atomic E-state index is 13.2. The first-order valence-electron chi connectivity index (χ1n) is 13.7. The van der Waals surface area contributed by atoms with Crippen LogP contribution < -0.4 is 20.4 Å². The molecule has 0 radical (unpaired) electrons. The summed E-state index contributed by atoms with van der Waals surface area (Å²) in [6, 6.07) is 21.6. The first-order valence-corrected chi connectivity index (χ1v) is 14.5. The van der Waals surface area contributed by atoms with Crippen LogP contribution in [-0.2, 0) is 13.0 Å². The van der Waals surface area contributed by atoms with Crippen LogP contribution in [0.15, 0.2) is 72.8 Å². The lowest BCUT2D eigenvalue weighted by Crippen LogP contribution is -2.39. The van der Waals surface area contributed by atoms with Gasteiger partial charge in [0, 0.05) is 48.6 Å². The number of halogens is 2. The Balaban J connectivity index is 1.34. The van der Waals surface area contributed by atoms with Crippen molar-refractivity contribution < 1.29 is 14.7 Å². The number of hydrogen-bond donors (Lipinski definition) is 4. The smallest absolute Gasteiger partial charge is 0.411 e. The van der Waals surface area contributed by atoms with Gasteiger partial charge in [0.2, 0.25) is 0 Å². The molecule has 4 aromatic rings. The van der Waals surface area contributed by atoms with Gasteiger partial charge in [0.1, 0.15) is 16.7 Å². The van der Waals surface area contributed by atoms with E-state index in [1.165, 1.54) is 7.05 Å². The second kappa shape index (κ2) is 13.2. The maximum atomic E-state index is 13.2. The van der Waals surface area contributed by atoms with Crippen molar-refractivity contribution in [3.05, 3.63) is 99.9 Å². The van der Waals surface area contributed by atoms with Crippen molar-refractivity contribution in [3.8, 4) is 11.3 Å². The van der Waals surface area contributed by atoms with Crippen LogP contribution in [0.2, 0.25) is 10.2 Å². The van der Waals surface area contributed by atoms with Crippen molar-refractivity contribution in [1.82, 2.24) is 20.6 Å². The van der Waals surface area contributed by atoms with Gasteiger partial charge in [-0.05, 0) is 60.7 Å². The van der Waals surface area contributed by atoms with E-state index in [1.807, 2.05) is 48.5 Å². The van der Waals surface area contributed by atoms with Crippen LogP contribution in [0.25, 0.3) is 11.3 Å². The molecule has 3 aromatic carbocycles. The van der Waals surface area contributed by atoms with E-state index >= 15 is 0 Å². The number of imidazole rings is 1. The lowest BCUT2D eigenvalue weighted by Gasteiger charge is -2.22. The van der Waals surface area contributed by atoms with Gasteiger partial charge in [-0.15, -0.1) is 0 Å². The Morgan fingerprint density at radius 3 is 2.45 bits per heavy atom. The summed E-state index contributed by atoms with van der Waals surface area (Å²) in [6.07, 6.45) is 1.72. The number of amides is 3. The Morgan fingerprint density at radius 2 is 1.76 bits per heavy atom. The highest BCUT2D eigenvalue weighted by Crippen LogP contribution is 2.30. The second-order valence-corrected chi connectivity index (χ2v) is 11.0. The number of carboxylic acid groups (broad SMARTS) is 1. The standard InChI is InChI=1S/C31H32Cl2N6O3/c1-38(31(41)42)24-12-9-21(10-13-24)27-28(33)37-29(36-27)25(17-20-7-3-2-4-8-20)35-30(40)34-19-22-18-23(32)11-14-26(22)39-15-5-6-16-39/h2-4,7-14,18,25H,5-6,15-17,19H2,1H3,(H,36,37)(H,41,42)(H2,34,35,40)/t25-/m0/s1. The molecule has 1 aliphatic heterocycles. The largest absolute Gasteiger partial charge is 0.465 e. The molecule has 1 atom stereocenters. The number of hydrogen-bond acceptors (Lipinski definition) is 4. The number of urea groups is 1. The predicted octanol–water partition coefficient (Wildman–Crippen LogP) is 6.88. The lowest BCUT2D eigenvalue weighted by molar-refractivity contribution is 0.203. The number of anilines is 2. The average Bonchev–Trinajstić information content (AvgIpc) is 3.66. The van der Waals surface area contributed by atoms with E-state index in [1.54, 1.807) is 24.3 Å². The molecule has 0 unspecified atom stereocenters. The van der Waals surface area contributed by atoms with E-state index in [0.29, 0.717) is 45.9 Å². The summed E-state index contributed by atoms with van der Waals surface area (Å²) in [6.45, 7) is 2.29. The summed E-state index contributed by atoms with van der Waals surface area (Å²) in [7, 11) is 1.47. The minimum atomic E-state index is -1.06. The summed E-state index contributed by atoms with van der Waals surface area (Å²) in [4.78, 5) is 35.8. The average molecular weight is 608 g/mol. The van der Waals surface area contributed by atoms with Gasteiger partial charge in [-0.1, -0.05) is 65.7 Å². The van der Waals surface area contributed by atoms with Gasteiger partial charge >= 0.3 is 12.1 Å². The van der Waals surface area contributed by atoms with Gasteiger partial charge in [0.25, 0.3) is 0 Å². The van der Waals surface area contributed by atoms with Crippen molar-refractivity contribution >= 4 is 46.7 Å². The van der Waals surface area contributed by atoms with Crippen LogP contribution in [0.4, 0.5) is 21.0 Å². The Kier molecular flexibility index (Phi) is 9.19. The van der Waals surface area contributed by atoms with E-state index in [4.69, 9.17) is 28.2 Å². The second-order valence-electron chi connectivity index (χ2n) is 10.2. The number of aromatic amines is 1. The number of aromatic nitrogens is 2. The minimum Gasteiger partial charge on any atom is -0.465 e. The third kappa shape index (κ3) is 6.98. The van der Waals surface area contributed by atoms with Gasteiger partial charge in [-0.2, -0.15) is 0 Å². The molecule has 1 aromatic heterocycles. The van der Waals surface area contributed by atoms with E-state index in [9.17, 15) is 14.7 Å². The molecule has 0 bridgehead atoms. The zero-order valence-corrected chi connectivity index (χ0v) is 24.6. The van der Waals surface area contributed by atoms with Crippen LogP contribution in [-0.4, -0.2) is 47.3 Å². The lowest BCUT2D eigenvalue weighted by atomic mass is 10.1. The van der Waals surface area contributed by atoms with Crippen LogP contribution >= 0.6 is 23.2 Å². The molecular weight excluding hydrogens is 575 g/mol. The molecule has 11 heteroatoms. The van der Waals surface area contributed by atoms with E-state index in [-0.39, 0.29) is 6.03 Å². The summed E-state index contributed by atoms with van der Waals surface area (Å²) >= 11 is 12.9. The van der Waals surface area contributed by atoms with Gasteiger partial charge < -0.3 is 25.6 Å². The van der Waals surface area contributed by atoms with Gasteiger partial charge in [-0.3, -0.25) is 4.90 Å². The number of carbonyl (C=O) groups is 2. The fourth-order valence-corrected chi connectivity index (χ4v) is 5.53. The number of benzene rings is 3. The molecule has 4 N–H and O–H groups in total. The van der Waals surface area contributed by atoms with Crippen molar-refractivity contribution in [2.24, 2.45) is 0 Å². The summed E-state index contributed by atoms with van der Waals surface area (Å²) in [5.41, 5.74) is 4.80. The van der Waals surface area contributed by atoms with Crippen LogP contribution in [0.3, 0.4) is 0 Å². The van der Waals surface area contributed by atoms with Gasteiger partial charge in [-0.25, -0.2) is 14.6 Å². The van der Waals surface area contributed by atoms with Crippen molar-refractivity contribution in [2.45, 2.75) is 31.8 Å². The van der Waals surface area contributed by atoms with Crippen molar-refractivity contribution in [1.29, 1.82) is 0 Å². The number of H-pyrrole nitrogens is 1. The Bertz CT molecular complexity index is 1540. The highest BCUT2D eigenvalue weighted by atomic mass is 35.5. The molecule has 2 heterocycles. The molecule has 218 valence electrons. The zero-order chi connectivity index (χ0) is 29.6. The van der Waals surface area contributed by atoms with Gasteiger partial charge in [0.15, 0.2) is 0 Å². The summed E-state index contributed by atoms with van der Waals surface area (Å²) in [5.74, 6) is 0.501. The first kappa shape index (κ1) is 29.3. The molecule has 1 saturated heterocycles. The molecule has 42 heavy (non-hydrogen) atoms. The molecule has 5 rings (SSSR count). The highest BCUT2D eigenvalue weighted by molar-refractivity contribution is 6.32. The van der Waals surface area contributed by atoms with Crippen LogP contribution in [0.1, 0.15) is 35.8 Å².